The van der Waals surface area contributed by atoms with Crippen molar-refractivity contribution in [2.45, 2.75) is 64.0 Å². The van der Waals surface area contributed by atoms with Crippen molar-refractivity contribution in [1.82, 2.24) is 9.88 Å². The number of hydrogen-bond acceptors (Lipinski definition) is 3. The van der Waals surface area contributed by atoms with Crippen molar-refractivity contribution in [3.63, 3.8) is 0 Å². The van der Waals surface area contributed by atoms with Crippen LogP contribution in [0.25, 0.3) is 10.9 Å². The molecule has 27 heavy (non-hydrogen) atoms. The van der Waals surface area contributed by atoms with Gasteiger partial charge in [-0.3, -0.25) is 4.72 Å². The van der Waals surface area contributed by atoms with Gasteiger partial charge in [0, 0.05) is 22.8 Å². The number of H-pyrrole nitrogens is 1. The van der Waals surface area contributed by atoms with E-state index < -0.39 is 14.8 Å². The minimum Gasteiger partial charge on any atom is -0.361 e. The third-order valence-electron chi connectivity index (χ3n) is 5.63. The Morgan fingerprint density at radius 3 is 2.56 bits per heavy atom. The van der Waals surface area contributed by atoms with Gasteiger partial charge in [-0.1, -0.05) is 13.3 Å². The van der Waals surface area contributed by atoms with Gasteiger partial charge in [0.25, 0.3) is 0 Å². The molecule has 5 nitrogen and oxygen atoms in total. The van der Waals surface area contributed by atoms with Gasteiger partial charge in [-0.2, -0.15) is 0 Å². The molecule has 6 heteroatoms. The van der Waals surface area contributed by atoms with Gasteiger partial charge in [0.15, 0.2) is 0 Å². The number of likely N-dealkylation sites (tertiary alicyclic amines) is 1. The molecule has 1 saturated heterocycles. The van der Waals surface area contributed by atoms with E-state index in [1.165, 1.54) is 24.9 Å². The highest BCUT2D eigenvalue weighted by Gasteiger charge is 2.29. The largest absolute Gasteiger partial charge is 0.361 e. The predicted octanol–water partition coefficient (Wildman–Crippen LogP) is 4.69. The summed E-state index contributed by atoms with van der Waals surface area (Å²) in [6.07, 6.45) is 6.95. The number of nitrogens with zero attached hydrogens (tertiary/aromatic N) is 1. The molecule has 150 valence electrons. The molecular formula is C21H33N3O2S. The number of unbranched alkanes of at least 4 members (excludes halogenated alkanes) is 1. The Bertz CT molecular complexity index is 872. The molecular weight excluding hydrogens is 358 g/mol. The number of anilines is 1. The maximum atomic E-state index is 12.5. The van der Waals surface area contributed by atoms with Crippen LogP contribution in [0, 0.1) is 0 Å². The second-order valence-corrected chi connectivity index (χ2v) is 11.1. The van der Waals surface area contributed by atoms with Crippen LogP contribution in [0.3, 0.4) is 0 Å². The van der Waals surface area contributed by atoms with E-state index >= 15 is 0 Å². The van der Waals surface area contributed by atoms with E-state index in [2.05, 4.69) is 27.7 Å². The lowest BCUT2D eigenvalue weighted by atomic mass is 9.89. The second kappa shape index (κ2) is 7.84. The van der Waals surface area contributed by atoms with Crippen molar-refractivity contribution in [1.29, 1.82) is 0 Å². The summed E-state index contributed by atoms with van der Waals surface area (Å²) in [5, 5.41) is 1.14. The van der Waals surface area contributed by atoms with Crippen LogP contribution < -0.4 is 4.72 Å². The summed E-state index contributed by atoms with van der Waals surface area (Å²) in [5.41, 5.74) is 3.02. The van der Waals surface area contributed by atoms with E-state index in [9.17, 15) is 8.42 Å². The van der Waals surface area contributed by atoms with Gasteiger partial charge >= 0.3 is 0 Å². The molecule has 0 spiro atoms. The molecule has 1 fully saturated rings. The number of rotatable bonds is 6. The van der Waals surface area contributed by atoms with Crippen LogP contribution in [0.1, 0.15) is 64.9 Å². The van der Waals surface area contributed by atoms with Gasteiger partial charge in [0.1, 0.15) is 0 Å². The van der Waals surface area contributed by atoms with Crippen LogP contribution in [-0.4, -0.2) is 42.7 Å². The number of fused-ring (bicyclic) bond motifs is 1. The zero-order valence-corrected chi connectivity index (χ0v) is 17.8. The minimum atomic E-state index is -3.42. The molecule has 0 saturated carbocycles. The van der Waals surface area contributed by atoms with Crippen molar-refractivity contribution in [2.24, 2.45) is 0 Å². The maximum Gasteiger partial charge on any atom is 0.237 e. The topological polar surface area (TPSA) is 65.2 Å². The van der Waals surface area contributed by atoms with Crippen molar-refractivity contribution in [2.75, 3.05) is 24.4 Å². The number of benzene rings is 1. The number of aromatic nitrogens is 1. The predicted molar refractivity (Wildman–Crippen MR) is 114 cm³/mol. The third-order valence-corrected chi connectivity index (χ3v) is 7.74. The zero-order valence-electron chi connectivity index (χ0n) is 17.0. The molecule has 1 aromatic carbocycles. The van der Waals surface area contributed by atoms with Crippen LogP contribution in [0.15, 0.2) is 24.4 Å². The first-order valence-electron chi connectivity index (χ1n) is 10.1. The molecule has 0 radical (unpaired) electrons. The third kappa shape index (κ3) is 4.49. The lowest BCUT2D eigenvalue weighted by Gasteiger charge is -2.31. The summed E-state index contributed by atoms with van der Waals surface area (Å²) in [4.78, 5) is 5.93. The quantitative estimate of drug-likeness (QED) is 0.751. The lowest BCUT2D eigenvalue weighted by molar-refractivity contribution is 0.210. The number of piperidine rings is 1. The molecule has 2 aromatic rings. The summed E-state index contributed by atoms with van der Waals surface area (Å²) in [5.74, 6) is 0.533. The van der Waals surface area contributed by atoms with Crippen molar-refractivity contribution >= 4 is 26.6 Å². The summed E-state index contributed by atoms with van der Waals surface area (Å²) >= 11 is 0. The minimum absolute atomic E-state index is 0.533. The molecule has 0 amide bonds. The van der Waals surface area contributed by atoms with Crippen LogP contribution >= 0.6 is 0 Å². The molecule has 1 aliphatic heterocycles. The molecule has 0 atom stereocenters. The fourth-order valence-corrected chi connectivity index (χ4v) is 4.44. The van der Waals surface area contributed by atoms with Gasteiger partial charge in [-0.25, -0.2) is 8.42 Å². The van der Waals surface area contributed by atoms with E-state index in [-0.39, 0.29) is 0 Å². The summed E-state index contributed by atoms with van der Waals surface area (Å²) < 4.78 is 26.9. The van der Waals surface area contributed by atoms with Crippen LogP contribution in [0.4, 0.5) is 5.69 Å². The summed E-state index contributed by atoms with van der Waals surface area (Å²) in [7, 11) is -3.42. The first kappa shape index (κ1) is 20.2. The molecule has 1 aliphatic rings. The Hall–Kier alpha value is -1.53. The Kier molecular flexibility index (Phi) is 5.87. The van der Waals surface area contributed by atoms with Crippen molar-refractivity contribution < 1.29 is 8.42 Å². The highest BCUT2D eigenvalue weighted by atomic mass is 32.2. The average Bonchev–Trinajstić information content (AvgIpc) is 3.02. The average molecular weight is 392 g/mol. The number of aromatic amines is 1. The molecule has 0 bridgehead atoms. The number of sulfonamides is 1. The SMILES string of the molecule is CCCCN1CCC(c2c[nH]c3ccc(NS(=O)(=O)C(C)(C)C)cc23)CC1. The van der Waals surface area contributed by atoms with Crippen LogP contribution in [-0.2, 0) is 10.0 Å². The standard InChI is InChI=1S/C21H33N3O2S/c1-5-6-11-24-12-9-16(10-13-24)19-15-22-20-8-7-17(14-18(19)20)23-27(25,26)21(2,3)4/h7-8,14-16,22-23H,5-6,9-13H2,1-4H3. The Labute approximate surface area is 163 Å². The Morgan fingerprint density at radius 2 is 1.93 bits per heavy atom. The smallest absolute Gasteiger partial charge is 0.237 e. The fraction of sp³-hybridized carbons (Fsp3) is 0.619. The zero-order chi connectivity index (χ0) is 19.7. The van der Waals surface area contributed by atoms with Crippen molar-refractivity contribution in [3.05, 3.63) is 30.0 Å². The Morgan fingerprint density at radius 1 is 1.22 bits per heavy atom. The van der Waals surface area contributed by atoms with Gasteiger partial charge in [-0.05, 0) is 89.3 Å². The number of hydrogen-bond donors (Lipinski definition) is 2. The summed E-state index contributed by atoms with van der Waals surface area (Å²) in [6.45, 7) is 10.9. The van der Waals surface area contributed by atoms with E-state index in [0.29, 0.717) is 11.6 Å². The van der Waals surface area contributed by atoms with Crippen LogP contribution in [0.5, 0.6) is 0 Å². The molecule has 0 unspecified atom stereocenters. The van der Waals surface area contributed by atoms with Gasteiger partial charge in [-0.15, -0.1) is 0 Å². The number of nitrogens with one attached hydrogen (secondary N) is 2. The van der Waals surface area contributed by atoms with E-state index in [0.717, 1.165) is 36.8 Å². The molecule has 0 aliphatic carbocycles. The molecule has 1 aromatic heterocycles. The highest BCUT2D eigenvalue weighted by molar-refractivity contribution is 7.94. The lowest BCUT2D eigenvalue weighted by Crippen LogP contribution is -2.33. The van der Waals surface area contributed by atoms with E-state index in [1.807, 2.05) is 18.2 Å². The van der Waals surface area contributed by atoms with Gasteiger partial charge in [0.05, 0.1) is 4.75 Å². The first-order chi connectivity index (χ1) is 12.7. The van der Waals surface area contributed by atoms with Gasteiger partial charge in [0.2, 0.25) is 10.0 Å². The normalized spacial score (nSPS) is 17.5. The molecule has 2 N–H and O–H groups in total. The van der Waals surface area contributed by atoms with Crippen LogP contribution in [0.2, 0.25) is 0 Å². The first-order valence-corrected chi connectivity index (χ1v) is 11.6. The van der Waals surface area contributed by atoms with E-state index in [1.54, 1.807) is 20.8 Å². The Balaban J connectivity index is 1.78. The fourth-order valence-electron chi connectivity index (χ4n) is 3.70. The highest BCUT2D eigenvalue weighted by Crippen LogP contribution is 2.34. The maximum absolute atomic E-state index is 12.5. The van der Waals surface area contributed by atoms with E-state index in [4.69, 9.17) is 0 Å². The second-order valence-electron chi connectivity index (χ2n) is 8.69. The molecule has 3 rings (SSSR count). The van der Waals surface area contributed by atoms with Crippen molar-refractivity contribution in [3.8, 4) is 0 Å². The monoisotopic (exact) mass is 391 g/mol. The summed E-state index contributed by atoms with van der Waals surface area (Å²) in [6, 6.07) is 5.78. The van der Waals surface area contributed by atoms with Gasteiger partial charge < -0.3 is 9.88 Å². The molecule has 2 heterocycles.